The molecular formula is C16H20ClNO2. The summed E-state index contributed by atoms with van der Waals surface area (Å²) in [5.74, 6) is 1.61. The Hall–Kier alpha value is -1.22. The van der Waals surface area contributed by atoms with Gasteiger partial charge in [0.25, 0.3) is 0 Å². The number of ether oxygens (including phenoxy) is 1. The monoisotopic (exact) mass is 293 g/mol. The summed E-state index contributed by atoms with van der Waals surface area (Å²) in [6.07, 6.45) is 4.06. The highest BCUT2D eigenvalue weighted by molar-refractivity contribution is 6.18. The van der Waals surface area contributed by atoms with E-state index >= 15 is 0 Å². The van der Waals surface area contributed by atoms with Crippen molar-refractivity contribution in [2.75, 3.05) is 19.0 Å². The lowest BCUT2D eigenvalue weighted by molar-refractivity contribution is -0.140. The number of hydrogen-bond acceptors (Lipinski definition) is 2. The summed E-state index contributed by atoms with van der Waals surface area (Å²) in [6, 6.07) is 8.19. The maximum atomic E-state index is 12.7. The Morgan fingerprint density at radius 3 is 3.05 bits per heavy atom. The van der Waals surface area contributed by atoms with Gasteiger partial charge in [-0.3, -0.25) is 4.79 Å². The maximum absolute atomic E-state index is 12.7. The summed E-state index contributed by atoms with van der Waals surface area (Å²) < 4.78 is 5.74. The van der Waals surface area contributed by atoms with Crippen LogP contribution in [0.3, 0.4) is 0 Å². The van der Waals surface area contributed by atoms with Crippen LogP contribution < -0.4 is 4.74 Å². The summed E-state index contributed by atoms with van der Waals surface area (Å²) in [6.45, 7) is 1.33. The molecular weight excluding hydrogens is 274 g/mol. The van der Waals surface area contributed by atoms with Crippen molar-refractivity contribution in [3.63, 3.8) is 0 Å². The average Bonchev–Trinajstić information content (AvgIpc) is 2.53. The molecule has 2 atom stereocenters. The SMILES string of the molecule is O=C(C1COc2ccccc2C1)N1CCCCC1CCl. The Morgan fingerprint density at radius 1 is 1.35 bits per heavy atom. The number of hydrogen-bond donors (Lipinski definition) is 0. The topological polar surface area (TPSA) is 29.5 Å². The van der Waals surface area contributed by atoms with Crippen LogP contribution in [0.1, 0.15) is 24.8 Å². The number of piperidine rings is 1. The number of fused-ring (bicyclic) bond motifs is 1. The van der Waals surface area contributed by atoms with Gasteiger partial charge in [-0.15, -0.1) is 11.6 Å². The molecule has 1 fully saturated rings. The van der Waals surface area contributed by atoms with Crippen LogP contribution in [0.15, 0.2) is 24.3 Å². The normalized spacial score (nSPS) is 25.8. The first-order valence-electron chi connectivity index (χ1n) is 7.36. The van der Waals surface area contributed by atoms with Crippen LogP contribution >= 0.6 is 11.6 Å². The number of nitrogens with zero attached hydrogens (tertiary/aromatic N) is 1. The van der Waals surface area contributed by atoms with Gasteiger partial charge < -0.3 is 9.64 Å². The Morgan fingerprint density at radius 2 is 2.20 bits per heavy atom. The summed E-state index contributed by atoms with van der Waals surface area (Å²) in [7, 11) is 0. The molecule has 3 rings (SSSR count). The summed E-state index contributed by atoms with van der Waals surface area (Å²) in [5.41, 5.74) is 1.14. The van der Waals surface area contributed by atoms with Crippen LogP contribution in [-0.4, -0.2) is 35.9 Å². The van der Waals surface area contributed by atoms with Crippen LogP contribution in [0.5, 0.6) is 5.75 Å². The molecule has 0 saturated carbocycles. The van der Waals surface area contributed by atoms with E-state index in [1.54, 1.807) is 0 Å². The second kappa shape index (κ2) is 6.04. The van der Waals surface area contributed by atoms with Crippen molar-refractivity contribution in [3.05, 3.63) is 29.8 Å². The molecule has 1 amide bonds. The first kappa shape index (κ1) is 13.7. The molecule has 1 aromatic carbocycles. The van der Waals surface area contributed by atoms with E-state index in [1.165, 1.54) is 6.42 Å². The van der Waals surface area contributed by atoms with Crippen molar-refractivity contribution in [1.82, 2.24) is 4.90 Å². The van der Waals surface area contributed by atoms with E-state index in [0.29, 0.717) is 12.5 Å². The quantitative estimate of drug-likeness (QED) is 0.785. The van der Waals surface area contributed by atoms with Crippen LogP contribution in [0.4, 0.5) is 0 Å². The van der Waals surface area contributed by atoms with Gasteiger partial charge in [0.1, 0.15) is 12.4 Å². The fraction of sp³-hybridized carbons (Fsp3) is 0.562. The predicted octanol–water partition coefficient (Wildman–Crippen LogP) is 2.86. The van der Waals surface area contributed by atoms with Gasteiger partial charge in [0.05, 0.1) is 5.92 Å². The third kappa shape index (κ3) is 2.64. The van der Waals surface area contributed by atoms with E-state index in [1.807, 2.05) is 29.2 Å². The molecule has 1 saturated heterocycles. The molecule has 3 nitrogen and oxygen atoms in total. The van der Waals surface area contributed by atoms with Gasteiger partial charge in [0, 0.05) is 18.5 Å². The Bertz CT molecular complexity index is 491. The summed E-state index contributed by atoms with van der Waals surface area (Å²) in [4.78, 5) is 14.7. The second-order valence-electron chi connectivity index (χ2n) is 5.66. The number of rotatable bonds is 2. The van der Waals surface area contributed by atoms with Crippen molar-refractivity contribution >= 4 is 17.5 Å². The Balaban J connectivity index is 1.72. The largest absolute Gasteiger partial charge is 0.492 e. The van der Waals surface area contributed by atoms with E-state index in [0.717, 1.165) is 37.1 Å². The second-order valence-corrected chi connectivity index (χ2v) is 5.96. The van der Waals surface area contributed by atoms with E-state index in [9.17, 15) is 4.79 Å². The maximum Gasteiger partial charge on any atom is 0.229 e. The minimum atomic E-state index is -0.0614. The lowest BCUT2D eigenvalue weighted by atomic mass is 9.93. The number of amides is 1. The fourth-order valence-electron chi connectivity index (χ4n) is 3.17. The number of halogens is 1. The molecule has 0 N–H and O–H groups in total. The fourth-order valence-corrected chi connectivity index (χ4v) is 3.49. The molecule has 2 heterocycles. The average molecular weight is 294 g/mol. The predicted molar refractivity (Wildman–Crippen MR) is 79.2 cm³/mol. The van der Waals surface area contributed by atoms with Crippen molar-refractivity contribution in [2.24, 2.45) is 5.92 Å². The van der Waals surface area contributed by atoms with E-state index in [-0.39, 0.29) is 17.9 Å². The number of para-hydroxylation sites is 1. The molecule has 2 aliphatic heterocycles. The number of alkyl halides is 1. The number of carbonyl (C=O) groups excluding carboxylic acids is 1. The van der Waals surface area contributed by atoms with Gasteiger partial charge in [-0.25, -0.2) is 0 Å². The van der Waals surface area contributed by atoms with Crippen molar-refractivity contribution < 1.29 is 9.53 Å². The molecule has 0 bridgehead atoms. The minimum Gasteiger partial charge on any atom is -0.492 e. The zero-order chi connectivity index (χ0) is 13.9. The molecule has 0 aliphatic carbocycles. The molecule has 0 radical (unpaired) electrons. The Kier molecular flexibility index (Phi) is 4.16. The summed E-state index contributed by atoms with van der Waals surface area (Å²) >= 11 is 6.01. The lowest BCUT2D eigenvalue weighted by Crippen LogP contribution is -2.49. The van der Waals surface area contributed by atoms with E-state index < -0.39 is 0 Å². The van der Waals surface area contributed by atoms with Gasteiger partial charge >= 0.3 is 0 Å². The molecule has 2 unspecified atom stereocenters. The standard InChI is InChI=1S/C16H20ClNO2/c17-10-14-6-3-4-8-18(14)16(19)13-9-12-5-1-2-7-15(12)20-11-13/h1-2,5,7,13-14H,3-4,6,8-11H2. The third-order valence-corrected chi connectivity index (χ3v) is 4.67. The number of likely N-dealkylation sites (tertiary alicyclic amines) is 1. The molecule has 0 aromatic heterocycles. The minimum absolute atomic E-state index is 0.0614. The number of benzene rings is 1. The smallest absolute Gasteiger partial charge is 0.229 e. The van der Waals surface area contributed by atoms with Crippen LogP contribution in [0.2, 0.25) is 0 Å². The number of carbonyl (C=O) groups is 1. The highest BCUT2D eigenvalue weighted by Gasteiger charge is 2.33. The Labute approximate surface area is 124 Å². The molecule has 1 aromatic rings. The van der Waals surface area contributed by atoms with Gasteiger partial charge in [-0.1, -0.05) is 18.2 Å². The molecule has 4 heteroatoms. The highest BCUT2D eigenvalue weighted by atomic mass is 35.5. The van der Waals surface area contributed by atoms with Crippen LogP contribution in [0, 0.1) is 5.92 Å². The van der Waals surface area contributed by atoms with E-state index in [2.05, 4.69) is 0 Å². The van der Waals surface area contributed by atoms with Gasteiger partial charge in [-0.05, 0) is 37.3 Å². The molecule has 108 valence electrons. The van der Waals surface area contributed by atoms with Crippen LogP contribution in [0.25, 0.3) is 0 Å². The molecule has 2 aliphatic rings. The molecule has 0 spiro atoms. The van der Waals surface area contributed by atoms with Crippen LogP contribution in [-0.2, 0) is 11.2 Å². The first-order chi connectivity index (χ1) is 9.79. The zero-order valence-electron chi connectivity index (χ0n) is 11.6. The van der Waals surface area contributed by atoms with Crippen molar-refractivity contribution in [2.45, 2.75) is 31.7 Å². The third-order valence-electron chi connectivity index (χ3n) is 4.32. The molecule has 20 heavy (non-hydrogen) atoms. The lowest BCUT2D eigenvalue weighted by Gasteiger charge is -2.38. The first-order valence-corrected chi connectivity index (χ1v) is 7.90. The van der Waals surface area contributed by atoms with E-state index in [4.69, 9.17) is 16.3 Å². The van der Waals surface area contributed by atoms with Gasteiger partial charge in [0.2, 0.25) is 5.91 Å². The van der Waals surface area contributed by atoms with Crippen molar-refractivity contribution in [1.29, 1.82) is 0 Å². The summed E-state index contributed by atoms with van der Waals surface area (Å²) in [5, 5.41) is 0. The highest BCUT2D eigenvalue weighted by Crippen LogP contribution is 2.29. The zero-order valence-corrected chi connectivity index (χ0v) is 12.3. The van der Waals surface area contributed by atoms with Crippen molar-refractivity contribution in [3.8, 4) is 5.75 Å². The van der Waals surface area contributed by atoms with Gasteiger partial charge in [0.15, 0.2) is 0 Å². The van der Waals surface area contributed by atoms with Gasteiger partial charge in [-0.2, -0.15) is 0 Å².